The van der Waals surface area contributed by atoms with E-state index in [0.717, 1.165) is 31.2 Å². The van der Waals surface area contributed by atoms with Gasteiger partial charge in [-0.2, -0.15) is 0 Å². The van der Waals surface area contributed by atoms with Crippen LogP contribution >= 0.6 is 0 Å². The monoisotopic (exact) mass is 368 g/mol. The van der Waals surface area contributed by atoms with Gasteiger partial charge in [0.2, 0.25) is 0 Å². The third-order valence-corrected chi connectivity index (χ3v) is 6.07. The molecule has 3 N–H and O–H groups in total. The average molecular weight is 368 g/mol. The van der Waals surface area contributed by atoms with Crippen LogP contribution in [0, 0.1) is 0 Å². The van der Waals surface area contributed by atoms with Gasteiger partial charge in [0.25, 0.3) is 0 Å². The number of rotatable bonds is 2. The van der Waals surface area contributed by atoms with E-state index in [1.165, 1.54) is 22.3 Å². The fourth-order valence-electron chi connectivity index (χ4n) is 4.65. The molecule has 1 heterocycles. The van der Waals surface area contributed by atoms with Gasteiger partial charge in [-0.05, 0) is 72.6 Å². The van der Waals surface area contributed by atoms with Crippen LogP contribution in [0.3, 0.4) is 0 Å². The number of aliphatic hydroxyl groups excluding tert-OH is 2. The highest BCUT2D eigenvalue weighted by Crippen LogP contribution is 2.39. The van der Waals surface area contributed by atoms with E-state index >= 15 is 0 Å². The number of ether oxygens (including phenoxy) is 1. The van der Waals surface area contributed by atoms with Crippen molar-refractivity contribution in [2.24, 2.45) is 0 Å². The topological polar surface area (TPSA) is 69.9 Å². The number of fused-ring (bicyclic) bond motifs is 2. The maximum Gasteiger partial charge on any atom is 0.115 e. The predicted octanol–water partition coefficient (Wildman–Crippen LogP) is 3.22. The molecule has 0 spiro atoms. The van der Waals surface area contributed by atoms with Crippen molar-refractivity contribution >= 4 is 0 Å². The summed E-state index contributed by atoms with van der Waals surface area (Å²) in [5, 5.41) is 29.6. The van der Waals surface area contributed by atoms with Crippen molar-refractivity contribution in [3.63, 3.8) is 0 Å². The fourth-order valence-corrected chi connectivity index (χ4v) is 4.65. The average Bonchev–Trinajstić information content (AvgIpc) is 2.62. The summed E-state index contributed by atoms with van der Waals surface area (Å²) in [5.41, 5.74) is 5.58. The van der Waals surface area contributed by atoms with Crippen molar-refractivity contribution in [3.05, 3.63) is 64.2 Å². The Kier molecular flexibility index (Phi) is 4.97. The molecule has 2 aromatic rings. The molecule has 4 rings (SSSR count). The van der Waals surface area contributed by atoms with Gasteiger partial charge in [-0.15, -0.1) is 0 Å². The highest BCUT2D eigenvalue weighted by Gasteiger charge is 2.39. The van der Waals surface area contributed by atoms with Crippen LogP contribution in [-0.4, -0.2) is 34.1 Å². The Morgan fingerprint density at radius 2 is 1.81 bits per heavy atom. The standard InChI is InChI=1S/C23H28O4/c1-23(13-21(26)12-22(14-24)27-23)19-7-5-15-3-2-4-16-11-20(25)8-6-17(16)9-18(15)10-19/h5-8,10-11,21-22,24-26H,2-4,9,12-14H2,1H3/t21-,22-,23?/m0/s1. The summed E-state index contributed by atoms with van der Waals surface area (Å²) in [6.45, 7) is 1.93. The second-order valence-electron chi connectivity index (χ2n) is 8.21. The number of phenolic OH excluding ortho intramolecular Hbond substituents is 1. The number of hydrogen-bond donors (Lipinski definition) is 3. The summed E-state index contributed by atoms with van der Waals surface area (Å²) in [6.07, 6.45) is 4.11. The molecule has 3 atom stereocenters. The molecule has 0 saturated carbocycles. The van der Waals surface area contributed by atoms with Crippen LogP contribution in [0.2, 0.25) is 0 Å². The third kappa shape index (κ3) is 3.75. The first-order valence-electron chi connectivity index (χ1n) is 9.86. The molecule has 4 nitrogen and oxygen atoms in total. The van der Waals surface area contributed by atoms with Gasteiger partial charge in [-0.3, -0.25) is 0 Å². The van der Waals surface area contributed by atoms with Crippen molar-refractivity contribution in [1.82, 2.24) is 0 Å². The second kappa shape index (κ2) is 7.27. The number of aromatic hydroxyl groups is 1. The van der Waals surface area contributed by atoms with Crippen LogP contribution in [0.1, 0.15) is 54.0 Å². The summed E-state index contributed by atoms with van der Waals surface area (Å²) in [5.74, 6) is 0.329. The van der Waals surface area contributed by atoms with E-state index in [-0.39, 0.29) is 12.7 Å². The fraction of sp³-hybridized carbons (Fsp3) is 0.478. The lowest BCUT2D eigenvalue weighted by atomic mass is 9.81. The molecule has 4 heteroatoms. The Labute approximate surface area is 160 Å². The molecule has 1 saturated heterocycles. The van der Waals surface area contributed by atoms with Crippen molar-refractivity contribution in [2.75, 3.05) is 6.61 Å². The molecule has 0 radical (unpaired) electrons. The zero-order valence-electron chi connectivity index (χ0n) is 15.8. The van der Waals surface area contributed by atoms with E-state index in [9.17, 15) is 15.3 Å². The Morgan fingerprint density at radius 3 is 2.63 bits per heavy atom. The van der Waals surface area contributed by atoms with Gasteiger partial charge >= 0.3 is 0 Å². The Balaban J connectivity index is 1.69. The number of aryl methyl sites for hydroxylation is 2. The van der Waals surface area contributed by atoms with Gasteiger partial charge in [-0.1, -0.05) is 24.3 Å². The van der Waals surface area contributed by atoms with Gasteiger partial charge in [-0.25, -0.2) is 0 Å². The van der Waals surface area contributed by atoms with E-state index < -0.39 is 11.7 Å². The number of phenols is 1. The molecule has 144 valence electrons. The Bertz CT molecular complexity index is 831. The maximum absolute atomic E-state index is 10.3. The minimum Gasteiger partial charge on any atom is -0.508 e. The first-order valence-corrected chi connectivity index (χ1v) is 9.86. The molecule has 2 aliphatic rings. The first-order chi connectivity index (χ1) is 13.0. The van der Waals surface area contributed by atoms with Gasteiger partial charge in [0.05, 0.1) is 24.4 Å². The van der Waals surface area contributed by atoms with E-state index in [1.54, 1.807) is 6.07 Å². The number of benzene rings is 2. The first kappa shape index (κ1) is 18.5. The highest BCUT2D eigenvalue weighted by atomic mass is 16.5. The summed E-state index contributed by atoms with van der Waals surface area (Å²) >= 11 is 0. The van der Waals surface area contributed by atoms with Crippen LogP contribution in [0.4, 0.5) is 0 Å². The molecular formula is C23H28O4. The maximum atomic E-state index is 10.3. The summed E-state index contributed by atoms with van der Waals surface area (Å²) < 4.78 is 6.17. The Morgan fingerprint density at radius 1 is 1.04 bits per heavy atom. The SMILES string of the molecule is CC1(c2ccc3c(c2)Cc2ccc(O)cc2CCC3)C[C@@H](O)C[C@@H](CO)O1. The van der Waals surface area contributed by atoms with E-state index in [0.29, 0.717) is 18.6 Å². The molecule has 0 bridgehead atoms. The van der Waals surface area contributed by atoms with Crippen LogP contribution in [0.25, 0.3) is 0 Å². The minimum absolute atomic E-state index is 0.0749. The van der Waals surface area contributed by atoms with Crippen molar-refractivity contribution in [2.45, 2.75) is 63.3 Å². The second-order valence-corrected chi connectivity index (χ2v) is 8.21. The predicted molar refractivity (Wildman–Crippen MR) is 104 cm³/mol. The lowest BCUT2D eigenvalue weighted by Gasteiger charge is -2.41. The number of aliphatic hydroxyl groups is 2. The highest BCUT2D eigenvalue weighted by molar-refractivity contribution is 5.43. The third-order valence-electron chi connectivity index (χ3n) is 6.07. The molecule has 2 aromatic carbocycles. The van der Waals surface area contributed by atoms with Gasteiger partial charge in [0.15, 0.2) is 0 Å². The molecule has 1 fully saturated rings. The largest absolute Gasteiger partial charge is 0.508 e. The molecule has 1 aliphatic heterocycles. The zero-order chi connectivity index (χ0) is 19.0. The minimum atomic E-state index is -0.597. The molecule has 0 amide bonds. The molecule has 0 aromatic heterocycles. The lowest BCUT2D eigenvalue weighted by molar-refractivity contribution is -0.169. The molecular weight excluding hydrogens is 340 g/mol. The molecule has 1 unspecified atom stereocenters. The van der Waals surface area contributed by atoms with Crippen molar-refractivity contribution in [1.29, 1.82) is 0 Å². The van der Waals surface area contributed by atoms with Crippen LogP contribution in [0.15, 0.2) is 36.4 Å². The number of hydrogen-bond acceptors (Lipinski definition) is 4. The smallest absolute Gasteiger partial charge is 0.115 e. The lowest BCUT2D eigenvalue weighted by Crippen LogP contribution is -2.43. The van der Waals surface area contributed by atoms with E-state index in [1.807, 2.05) is 19.1 Å². The summed E-state index contributed by atoms with van der Waals surface area (Å²) in [4.78, 5) is 0. The summed E-state index contributed by atoms with van der Waals surface area (Å²) in [7, 11) is 0. The van der Waals surface area contributed by atoms with Gasteiger partial charge in [0.1, 0.15) is 5.75 Å². The van der Waals surface area contributed by atoms with Crippen LogP contribution < -0.4 is 0 Å². The summed E-state index contributed by atoms with van der Waals surface area (Å²) in [6, 6.07) is 12.2. The quantitative estimate of drug-likeness (QED) is 0.761. The molecule has 1 aliphatic carbocycles. The normalized spacial score (nSPS) is 28.0. The zero-order valence-corrected chi connectivity index (χ0v) is 15.8. The van der Waals surface area contributed by atoms with Gasteiger partial charge < -0.3 is 20.1 Å². The van der Waals surface area contributed by atoms with Crippen molar-refractivity contribution in [3.8, 4) is 5.75 Å². The Hall–Kier alpha value is -1.88. The van der Waals surface area contributed by atoms with E-state index in [4.69, 9.17) is 4.74 Å². The van der Waals surface area contributed by atoms with Crippen molar-refractivity contribution < 1.29 is 20.1 Å². The van der Waals surface area contributed by atoms with Crippen LogP contribution in [0.5, 0.6) is 5.75 Å². The van der Waals surface area contributed by atoms with Gasteiger partial charge in [0, 0.05) is 12.8 Å². The van der Waals surface area contributed by atoms with Crippen LogP contribution in [-0.2, 0) is 29.6 Å². The molecule has 27 heavy (non-hydrogen) atoms. The van der Waals surface area contributed by atoms with E-state index in [2.05, 4.69) is 18.2 Å².